The molecule has 2 nitrogen and oxygen atoms in total. The molecule has 0 saturated heterocycles. The van der Waals surface area contributed by atoms with Crippen LogP contribution in [0, 0.1) is 10.8 Å². The van der Waals surface area contributed by atoms with Crippen LogP contribution in [0.25, 0.3) is 0 Å². The van der Waals surface area contributed by atoms with E-state index in [0.29, 0.717) is 16.9 Å². The Bertz CT molecular complexity index is 311. The average Bonchev–Trinajstić information content (AvgIpc) is 2.53. The number of aliphatic hydroxyl groups is 1. The molecule has 2 N–H and O–H groups in total. The van der Waals surface area contributed by atoms with Gasteiger partial charge < -0.3 is 10.4 Å². The van der Waals surface area contributed by atoms with Crippen molar-refractivity contribution in [1.82, 2.24) is 5.32 Å². The van der Waals surface area contributed by atoms with Crippen molar-refractivity contribution in [3.05, 3.63) is 0 Å². The maximum Gasteiger partial charge on any atom is 0.0772 e. The minimum atomic E-state index is -0.447. The van der Waals surface area contributed by atoms with Gasteiger partial charge in [0.1, 0.15) is 0 Å². The summed E-state index contributed by atoms with van der Waals surface area (Å²) in [6.45, 7) is 10.2. The largest absolute Gasteiger partial charge is 0.389 e. The first-order valence-electron chi connectivity index (χ1n) is 8.66. The molecule has 20 heavy (non-hydrogen) atoms. The zero-order valence-corrected chi connectivity index (χ0v) is 14.1. The second-order valence-electron chi connectivity index (χ2n) is 9.06. The van der Waals surface area contributed by atoms with Crippen molar-refractivity contribution < 1.29 is 5.11 Å². The maximum atomic E-state index is 10.7. The minimum Gasteiger partial charge on any atom is -0.389 e. The Morgan fingerprint density at radius 3 is 2.10 bits per heavy atom. The topological polar surface area (TPSA) is 32.3 Å². The predicted octanol–water partition coefficient (Wildman–Crippen LogP) is 4.27. The lowest BCUT2D eigenvalue weighted by atomic mass is 9.71. The quantitative estimate of drug-likeness (QED) is 0.757. The van der Waals surface area contributed by atoms with Crippen LogP contribution in [0.5, 0.6) is 0 Å². The molecule has 0 radical (unpaired) electrons. The van der Waals surface area contributed by atoms with Gasteiger partial charge in [-0.05, 0) is 62.2 Å². The molecule has 2 aliphatic carbocycles. The molecule has 2 saturated carbocycles. The number of nitrogens with one attached hydrogen (secondary N) is 1. The highest BCUT2D eigenvalue weighted by atomic mass is 16.3. The fourth-order valence-electron chi connectivity index (χ4n) is 3.77. The zero-order valence-electron chi connectivity index (χ0n) is 14.1. The highest BCUT2D eigenvalue weighted by molar-refractivity contribution is 4.91. The Hall–Kier alpha value is -0.0800. The third kappa shape index (κ3) is 4.73. The fraction of sp³-hybridized carbons (Fsp3) is 1.00. The van der Waals surface area contributed by atoms with Crippen LogP contribution in [-0.4, -0.2) is 23.3 Å². The molecule has 1 unspecified atom stereocenters. The van der Waals surface area contributed by atoms with E-state index in [2.05, 4.69) is 33.0 Å². The Morgan fingerprint density at radius 1 is 0.850 bits per heavy atom. The Morgan fingerprint density at radius 2 is 1.45 bits per heavy atom. The summed E-state index contributed by atoms with van der Waals surface area (Å²) >= 11 is 0. The molecule has 2 rings (SSSR count). The van der Waals surface area contributed by atoms with Crippen molar-refractivity contribution in [3.8, 4) is 0 Å². The van der Waals surface area contributed by atoms with Crippen LogP contribution in [0.15, 0.2) is 0 Å². The summed E-state index contributed by atoms with van der Waals surface area (Å²) in [5.41, 5.74) is 0.498. The van der Waals surface area contributed by atoms with E-state index in [9.17, 15) is 5.11 Å². The van der Waals surface area contributed by atoms with Crippen molar-refractivity contribution >= 4 is 0 Å². The molecule has 2 heteroatoms. The van der Waals surface area contributed by atoms with Gasteiger partial charge >= 0.3 is 0 Å². The van der Waals surface area contributed by atoms with Gasteiger partial charge in [0.25, 0.3) is 0 Å². The first-order chi connectivity index (χ1) is 9.20. The molecule has 2 fully saturated rings. The summed E-state index contributed by atoms with van der Waals surface area (Å²) in [5, 5.41) is 14.4. The zero-order chi connectivity index (χ0) is 14.9. The number of rotatable bonds is 3. The van der Waals surface area contributed by atoms with Crippen LogP contribution >= 0.6 is 0 Å². The molecular weight excluding hydrogens is 246 g/mol. The van der Waals surface area contributed by atoms with Crippen molar-refractivity contribution in [1.29, 1.82) is 0 Å². The summed E-state index contributed by atoms with van der Waals surface area (Å²) in [4.78, 5) is 0. The average molecular weight is 281 g/mol. The summed E-state index contributed by atoms with van der Waals surface area (Å²) in [6.07, 6.45) is 10.8. The lowest BCUT2D eigenvalue weighted by Crippen LogP contribution is -2.47. The molecule has 2 aliphatic rings. The molecule has 0 aromatic rings. The standard InChI is InChI=1S/C18H35NO/c1-16(2)8-5-6-15(7-9-16)19-14-18(20)12-10-17(3,4)11-13-18/h15,19-20H,5-14H2,1-4H3. The van der Waals surface area contributed by atoms with Crippen molar-refractivity contribution in [2.75, 3.05) is 6.54 Å². The molecular formula is C18H35NO. The molecule has 0 aliphatic heterocycles. The summed E-state index contributed by atoms with van der Waals surface area (Å²) in [5.74, 6) is 0. The van der Waals surface area contributed by atoms with E-state index >= 15 is 0 Å². The lowest BCUT2D eigenvalue weighted by molar-refractivity contribution is -0.0263. The maximum absolute atomic E-state index is 10.7. The lowest BCUT2D eigenvalue weighted by Gasteiger charge is -2.41. The van der Waals surface area contributed by atoms with Crippen LogP contribution in [0.3, 0.4) is 0 Å². The molecule has 118 valence electrons. The van der Waals surface area contributed by atoms with Gasteiger partial charge in [-0.1, -0.05) is 34.1 Å². The molecule has 0 bridgehead atoms. The number of hydrogen-bond donors (Lipinski definition) is 2. The third-order valence-electron chi connectivity index (χ3n) is 5.83. The fourth-order valence-corrected chi connectivity index (χ4v) is 3.77. The Balaban J connectivity index is 1.77. The first kappa shape index (κ1) is 16.3. The summed E-state index contributed by atoms with van der Waals surface area (Å²) < 4.78 is 0. The highest BCUT2D eigenvalue weighted by Crippen LogP contribution is 2.40. The van der Waals surface area contributed by atoms with Gasteiger partial charge in [0.2, 0.25) is 0 Å². The van der Waals surface area contributed by atoms with E-state index in [1.54, 1.807) is 0 Å². The first-order valence-corrected chi connectivity index (χ1v) is 8.66. The van der Waals surface area contributed by atoms with Gasteiger partial charge in [-0.15, -0.1) is 0 Å². The van der Waals surface area contributed by atoms with E-state index in [0.717, 1.165) is 32.2 Å². The second-order valence-corrected chi connectivity index (χ2v) is 9.06. The number of hydrogen-bond acceptors (Lipinski definition) is 2. The van der Waals surface area contributed by atoms with Gasteiger partial charge in [0.15, 0.2) is 0 Å². The molecule has 1 atom stereocenters. The van der Waals surface area contributed by atoms with E-state index in [4.69, 9.17) is 0 Å². The van der Waals surface area contributed by atoms with Crippen LogP contribution in [0.4, 0.5) is 0 Å². The van der Waals surface area contributed by atoms with E-state index in [-0.39, 0.29) is 0 Å². The van der Waals surface area contributed by atoms with Gasteiger partial charge in [-0.25, -0.2) is 0 Å². The normalized spacial score (nSPS) is 32.5. The monoisotopic (exact) mass is 281 g/mol. The SMILES string of the molecule is CC1(C)CCCC(NCC2(O)CCC(C)(C)CC2)CC1. The third-order valence-corrected chi connectivity index (χ3v) is 5.83. The highest BCUT2D eigenvalue weighted by Gasteiger charge is 2.37. The second kappa shape index (κ2) is 5.96. The molecule has 0 aromatic heterocycles. The van der Waals surface area contributed by atoms with Gasteiger partial charge in [0, 0.05) is 12.6 Å². The minimum absolute atomic E-state index is 0.429. The van der Waals surface area contributed by atoms with E-state index < -0.39 is 5.60 Å². The van der Waals surface area contributed by atoms with Crippen LogP contribution < -0.4 is 5.32 Å². The van der Waals surface area contributed by atoms with Crippen molar-refractivity contribution in [2.24, 2.45) is 10.8 Å². The van der Waals surface area contributed by atoms with Gasteiger partial charge in [-0.3, -0.25) is 0 Å². The molecule has 0 aromatic carbocycles. The molecule has 0 amide bonds. The van der Waals surface area contributed by atoms with E-state index in [1.807, 2.05) is 0 Å². The van der Waals surface area contributed by atoms with Crippen LogP contribution in [0.1, 0.15) is 85.5 Å². The summed E-state index contributed by atoms with van der Waals surface area (Å²) in [7, 11) is 0. The van der Waals surface area contributed by atoms with Crippen molar-refractivity contribution in [2.45, 2.75) is 97.1 Å². The van der Waals surface area contributed by atoms with Crippen LogP contribution in [-0.2, 0) is 0 Å². The molecule has 0 spiro atoms. The van der Waals surface area contributed by atoms with Crippen molar-refractivity contribution in [3.63, 3.8) is 0 Å². The molecule has 0 heterocycles. The smallest absolute Gasteiger partial charge is 0.0772 e. The van der Waals surface area contributed by atoms with E-state index in [1.165, 1.54) is 32.1 Å². The Kier molecular flexibility index (Phi) is 4.86. The van der Waals surface area contributed by atoms with Crippen LogP contribution in [0.2, 0.25) is 0 Å². The van der Waals surface area contributed by atoms with Gasteiger partial charge in [-0.2, -0.15) is 0 Å². The van der Waals surface area contributed by atoms with Gasteiger partial charge in [0.05, 0.1) is 5.60 Å². The predicted molar refractivity (Wildman–Crippen MR) is 85.9 cm³/mol. The summed E-state index contributed by atoms with van der Waals surface area (Å²) in [6, 6.07) is 0.621. The Labute approximate surface area is 125 Å².